The Labute approximate surface area is 270 Å². The first-order chi connectivity index (χ1) is 21.3. The lowest BCUT2D eigenvalue weighted by Crippen LogP contribution is -2.58. The molecule has 5 amide bonds. The molecule has 0 saturated carbocycles. The Hall–Kier alpha value is -3.81. The van der Waals surface area contributed by atoms with Crippen molar-refractivity contribution in [2.45, 2.75) is 95.9 Å². The van der Waals surface area contributed by atoms with Gasteiger partial charge in [-0.1, -0.05) is 45.9 Å². The number of carbonyl (C=O) groups is 6. The summed E-state index contributed by atoms with van der Waals surface area (Å²) in [7, 11) is 0. The van der Waals surface area contributed by atoms with Crippen molar-refractivity contribution < 1.29 is 33.9 Å². The number of rotatable bonds is 7. The highest BCUT2D eigenvalue weighted by Gasteiger charge is 2.42. The number of nitrogens with zero attached hydrogens (tertiary/aromatic N) is 2. The molecule has 0 aliphatic carbocycles. The molecule has 3 aliphatic heterocycles. The predicted octanol–water partition coefficient (Wildman–Crippen LogP) is 1.72. The summed E-state index contributed by atoms with van der Waals surface area (Å²) < 4.78 is 0.552. The second-order valence-electron chi connectivity index (χ2n) is 12.6. The summed E-state index contributed by atoms with van der Waals surface area (Å²) in [5.41, 5.74) is 1.54. The van der Waals surface area contributed by atoms with Crippen molar-refractivity contribution in [2.75, 3.05) is 6.54 Å². The lowest BCUT2D eigenvalue weighted by molar-refractivity contribution is -0.146. The van der Waals surface area contributed by atoms with Crippen LogP contribution < -0.4 is 21.3 Å². The Morgan fingerprint density at radius 2 is 1.58 bits per heavy atom. The summed E-state index contributed by atoms with van der Waals surface area (Å²) >= 11 is 3.50. The van der Waals surface area contributed by atoms with Crippen LogP contribution in [-0.4, -0.2) is 86.9 Å². The van der Waals surface area contributed by atoms with Crippen LogP contribution in [0.1, 0.15) is 71.3 Å². The SMILES string of the molecule is CC(C)C[C@@H]1NC(=O)[C@@H](C(C)C)NC(=O)[C@@H]2CCCN2C(=O)[C@@H](CC(=O)O)NC(=O)[C@@H](CC2C(Br)=Nc3ccccc32)NC1=O. The lowest BCUT2D eigenvalue weighted by Gasteiger charge is -2.30. The highest BCUT2D eigenvalue weighted by molar-refractivity contribution is 9.18. The molecule has 1 aromatic carbocycles. The summed E-state index contributed by atoms with van der Waals surface area (Å²) in [5.74, 6) is -5.34. The monoisotopic (exact) mass is 688 g/mol. The molecule has 1 aromatic rings. The topological polar surface area (TPSA) is 186 Å². The minimum absolute atomic E-state index is 0.0184. The van der Waals surface area contributed by atoms with Gasteiger partial charge in [0.2, 0.25) is 29.5 Å². The number of amides is 5. The summed E-state index contributed by atoms with van der Waals surface area (Å²) in [4.78, 5) is 86.1. The van der Waals surface area contributed by atoms with Crippen LogP contribution in [0, 0.1) is 11.8 Å². The third-order valence-corrected chi connectivity index (χ3v) is 9.08. The summed E-state index contributed by atoms with van der Waals surface area (Å²) in [6.45, 7) is 7.48. The molecule has 13 nitrogen and oxygen atoms in total. The average molecular weight is 690 g/mol. The first-order valence-electron chi connectivity index (χ1n) is 15.3. The smallest absolute Gasteiger partial charge is 0.305 e. The van der Waals surface area contributed by atoms with Crippen LogP contribution in [0.3, 0.4) is 0 Å². The van der Waals surface area contributed by atoms with Crippen LogP contribution in [0.15, 0.2) is 29.3 Å². The second-order valence-corrected chi connectivity index (χ2v) is 13.4. The summed E-state index contributed by atoms with van der Waals surface area (Å²) in [5, 5.41) is 20.5. The third kappa shape index (κ3) is 8.08. The quantitative estimate of drug-likeness (QED) is 0.289. The molecule has 6 atom stereocenters. The molecule has 0 bridgehead atoms. The van der Waals surface area contributed by atoms with Gasteiger partial charge in [0.15, 0.2) is 0 Å². The van der Waals surface area contributed by atoms with Gasteiger partial charge < -0.3 is 31.3 Å². The molecule has 4 rings (SSSR count). The zero-order valence-electron chi connectivity index (χ0n) is 25.8. The number of nitrogens with one attached hydrogen (secondary N) is 4. The minimum Gasteiger partial charge on any atom is -0.481 e. The standard InChI is InChI=1S/C31H41BrN6O7/c1-15(2)12-20-27(41)34-21(13-18-17-8-5-6-9-19(17)33-26(18)32)28(42)36-22(14-24(39)40)31(45)38-11-7-10-23(38)29(43)37-25(16(3)4)30(44)35-20/h5-6,8-9,15-16,18,20-23,25H,7,10-14H2,1-4H3,(H,34,41)(H,35,44)(H,36,42)(H,37,43)(H,39,40)/t18?,20-,21+,22+,23-,25+/m0/s1. The van der Waals surface area contributed by atoms with Crippen molar-refractivity contribution in [3.05, 3.63) is 29.8 Å². The Bertz CT molecular complexity index is 1380. The predicted molar refractivity (Wildman–Crippen MR) is 169 cm³/mol. The van der Waals surface area contributed by atoms with Gasteiger partial charge in [-0.05, 0) is 65.1 Å². The second kappa shape index (κ2) is 14.5. The van der Waals surface area contributed by atoms with Gasteiger partial charge in [0.25, 0.3) is 0 Å². The van der Waals surface area contributed by atoms with Gasteiger partial charge in [0, 0.05) is 12.5 Å². The fourth-order valence-electron chi connectivity index (χ4n) is 6.07. The van der Waals surface area contributed by atoms with Crippen LogP contribution in [0.2, 0.25) is 0 Å². The molecule has 5 N–H and O–H groups in total. The number of hydrogen-bond acceptors (Lipinski definition) is 7. The number of aliphatic carboxylic acids is 1. The van der Waals surface area contributed by atoms with E-state index in [-0.39, 0.29) is 31.2 Å². The van der Waals surface area contributed by atoms with E-state index >= 15 is 0 Å². The number of carbonyl (C=O) groups excluding carboxylic acids is 5. The molecule has 3 heterocycles. The number of carboxylic acids is 1. The number of benzene rings is 1. The maximum Gasteiger partial charge on any atom is 0.305 e. The molecule has 0 aromatic heterocycles. The average Bonchev–Trinajstić information content (AvgIpc) is 3.57. The Morgan fingerprint density at radius 1 is 0.933 bits per heavy atom. The molecule has 244 valence electrons. The Kier molecular flexibility index (Phi) is 11.0. The number of halogens is 1. The van der Waals surface area contributed by atoms with Gasteiger partial charge in [0.05, 0.1) is 16.7 Å². The van der Waals surface area contributed by atoms with Crippen LogP contribution >= 0.6 is 15.9 Å². The van der Waals surface area contributed by atoms with Crippen molar-refractivity contribution in [3.63, 3.8) is 0 Å². The molecular weight excluding hydrogens is 648 g/mol. The maximum atomic E-state index is 13.9. The highest BCUT2D eigenvalue weighted by Crippen LogP contribution is 2.40. The van der Waals surface area contributed by atoms with E-state index in [4.69, 9.17) is 0 Å². The molecule has 1 unspecified atom stereocenters. The third-order valence-electron chi connectivity index (χ3n) is 8.35. The Morgan fingerprint density at radius 3 is 2.24 bits per heavy atom. The lowest BCUT2D eigenvalue weighted by atomic mass is 9.92. The van der Waals surface area contributed by atoms with Gasteiger partial charge in [-0.3, -0.25) is 28.8 Å². The number of para-hydroxylation sites is 1. The number of carboxylic acid groups (broad SMARTS) is 1. The van der Waals surface area contributed by atoms with Crippen molar-refractivity contribution in [1.29, 1.82) is 0 Å². The molecule has 2 saturated heterocycles. The van der Waals surface area contributed by atoms with E-state index in [2.05, 4.69) is 42.2 Å². The molecule has 0 spiro atoms. The maximum absolute atomic E-state index is 13.9. The van der Waals surface area contributed by atoms with E-state index in [1.165, 1.54) is 4.90 Å². The van der Waals surface area contributed by atoms with Gasteiger partial charge in [-0.15, -0.1) is 0 Å². The molecular formula is C31H41BrN6O7. The highest BCUT2D eigenvalue weighted by atomic mass is 79.9. The van der Waals surface area contributed by atoms with Crippen molar-refractivity contribution >= 4 is 61.7 Å². The van der Waals surface area contributed by atoms with Crippen LogP contribution in [-0.2, 0) is 28.8 Å². The van der Waals surface area contributed by atoms with E-state index in [0.717, 1.165) is 5.56 Å². The molecule has 2 fully saturated rings. The van der Waals surface area contributed by atoms with Gasteiger partial charge in [-0.2, -0.15) is 0 Å². The fraction of sp³-hybridized carbons (Fsp3) is 0.581. The normalized spacial score (nSPS) is 27.9. The van der Waals surface area contributed by atoms with Crippen LogP contribution in [0.4, 0.5) is 5.69 Å². The van der Waals surface area contributed by atoms with E-state index in [9.17, 15) is 33.9 Å². The largest absolute Gasteiger partial charge is 0.481 e. The number of hydrogen-bond donors (Lipinski definition) is 5. The molecule has 0 radical (unpaired) electrons. The number of fused-ring (bicyclic) bond motifs is 2. The van der Waals surface area contributed by atoms with Crippen LogP contribution in [0.25, 0.3) is 0 Å². The van der Waals surface area contributed by atoms with Crippen molar-refractivity contribution in [2.24, 2.45) is 16.8 Å². The zero-order valence-corrected chi connectivity index (χ0v) is 27.4. The van der Waals surface area contributed by atoms with E-state index in [1.54, 1.807) is 13.8 Å². The minimum atomic E-state index is -1.49. The molecule has 3 aliphatic rings. The fourth-order valence-corrected chi connectivity index (χ4v) is 6.69. The summed E-state index contributed by atoms with van der Waals surface area (Å²) in [6.07, 6.45) is 0.358. The molecule has 14 heteroatoms. The van der Waals surface area contributed by atoms with Gasteiger partial charge in [0.1, 0.15) is 30.2 Å². The zero-order chi connectivity index (χ0) is 33.0. The van der Waals surface area contributed by atoms with Gasteiger partial charge in [-0.25, -0.2) is 4.99 Å². The van der Waals surface area contributed by atoms with Gasteiger partial charge >= 0.3 is 5.97 Å². The van der Waals surface area contributed by atoms with Crippen molar-refractivity contribution in [3.8, 4) is 0 Å². The first-order valence-corrected chi connectivity index (χ1v) is 16.1. The van der Waals surface area contributed by atoms with Crippen LogP contribution in [0.5, 0.6) is 0 Å². The van der Waals surface area contributed by atoms with E-state index in [1.807, 2.05) is 38.1 Å². The summed E-state index contributed by atoms with van der Waals surface area (Å²) in [6, 6.07) is 1.65. The van der Waals surface area contributed by atoms with Crippen molar-refractivity contribution in [1.82, 2.24) is 26.2 Å². The van der Waals surface area contributed by atoms with E-state index in [0.29, 0.717) is 23.1 Å². The Balaban J connectivity index is 1.75. The number of aliphatic imine (C=N–C) groups is 1. The first kappa shape index (κ1) is 34.1. The van der Waals surface area contributed by atoms with E-state index < -0.39 is 78.1 Å². The molecule has 45 heavy (non-hydrogen) atoms.